The Balaban J connectivity index is 1.33. The van der Waals surface area contributed by atoms with Crippen LogP contribution in [0.4, 0.5) is 10.2 Å². The Morgan fingerprint density at radius 3 is 2.62 bits per heavy atom. The number of fused-ring (bicyclic) bond motifs is 2. The lowest BCUT2D eigenvalue weighted by atomic mass is 10.1. The highest BCUT2D eigenvalue weighted by molar-refractivity contribution is 5.98. The maximum Gasteiger partial charge on any atom is 0.266 e. The minimum atomic E-state index is -0.606. The van der Waals surface area contributed by atoms with E-state index in [1.807, 2.05) is 35.7 Å². The van der Waals surface area contributed by atoms with E-state index in [2.05, 4.69) is 32.9 Å². The van der Waals surface area contributed by atoms with Gasteiger partial charge >= 0.3 is 0 Å². The zero-order valence-electron chi connectivity index (χ0n) is 25.0. The molecule has 1 unspecified atom stereocenters. The lowest BCUT2D eigenvalue weighted by molar-refractivity contribution is 0.148. The first-order valence-corrected chi connectivity index (χ1v) is 14.8. The molecule has 0 bridgehead atoms. The van der Waals surface area contributed by atoms with Crippen molar-refractivity contribution in [2.75, 3.05) is 45.5 Å². The third-order valence-electron chi connectivity index (χ3n) is 8.53. The van der Waals surface area contributed by atoms with Crippen molar-refractivity contribution in [1.82, 2.24) is 43.7 Å². The van der Waals surface area contributed by atoms with Crippen LogP contribution >= 0.6 is 0 Å². The van der Waals surface area contributed by atoms with E-state index in [0.29, 0.717) is 34.5 Å². The van der Waals surface area contributed by atoms with Crippen LogP contribution in [0.5, 0.6) is 5.75 Å². The van der Waals surface area contributed by atoms with E-state index in [-0.39, 0.29) is 17.1 Å². The molecule has 0 radical (unpaired) electrons. The average molecular weight is 609 g/mol. The van der Waals surface area contributed by atoms with Gasteiger partial charge in [0.05, 0.1) is 23.7 Å². The third-order valence-corrected chi connectivity index (χ3v) is 8.53. The van der Waals surface area contributed by atoms with Gasteiger partial charge in [0, 0.05) is 67.7 Å². The van der Waals surface area contributed by atoms with E-state index in [0.717, 1.165) is 55.6 Å². The standard InChI is InChI=1S/C32H33FN10O2/c1-20(43-32-28(31(34)35-19-36-32)29(38-43)21-15-22(33)17-24(44)16-21)25-18-23-5-3-4-8-41(23)30(25)26-6-7-27(45)42(37-26)14-13-40-11-9-39(2)10-12-40/h3-8,15-20,44H,9-14H2,1-2H3,(H2,34,35,36). The number of anilines is 1. The molecule has 13 heteroatoms. The summed E-state index contributed by atoms with van der Waals surface area (Å²) in [5, 5.41) is 20.3. The lowest BCUT2D eigenvalue weighted by Gasteiger charge is -2.32. The fraction of sp³-hybridized carbons (Fsp3) is 0.281. The summed E-state index contributed by atoms with van der Waals surface area (Å²) in [6, 6.07) is 14.6. The number of aromatic nitrogens is 7. The number of benzene rings is 1. The van der Waals surface area contributed by atoms with E-state index in [1.165, 1.54) is 23.1 Å². The van der Waals surface area contributed by atoms with Crippen LogP contribution in [0.1, 0.15) is 18.5 Å². The van der Waals surface area contributed by atoms with Crippen LogP contribution in [0.15, 0.2) is 71.9 Å². The van der Waals surface area contributed by atoms with Crippen LogP contribution in [0.3, 0.4) is 0 Å². The highest BCUT2D eigenvalue weighted by atomic mass is 19.1. The van der Waals surface area contributed by atoms with Crippen molar-refractivity contribution in [3.63, 3.8) is 0 Å². The quantitative estimate of drug-likeness (QED) is 0.280. The van der Waals surface area contributed by atoms with E-state index < -0.39 is 11.9 Å². The second-order valence-electron chi connectivity index (χ2n) is 11.5. The summed E-state index contributed by atoms with van der Waals surface area (Å²) in [5.41, 5.74) is 10.6. The third kappa shape index (κ3) is 5.29. The van der Waals surface area contributed by atoms with Gasteiger partial charge in [-0.3, -0.25) is 9.69 Å². The molecule has 12 nitrogen and oxygen atoms in total. The monoisotopic (exact) mass is 608 g/mol. The number of phenolic OH excluding ortho intramolecular Hbond substituents is 1. The number of phenols is 1. The van der Waals surface area contributed by atoms with Crippen molar-refractivity contribution in [2.45, 2.75) is 19.5 Å². The first kappa shape index (κ1) is 28.6. The second kappa shape index (κ2) is 11.4. The second-order valence-corrected chi connectivity index (χ2v) is 11.5. The molecule has 0 spiro atoms. The Labute approximate surface area is 257 Å². The van der Waals surface area contributed by atoms with E-state index in [9.17, 15) is 14.3 Å². The van der Waals surface area contributed by atoms with Crippen molar-refractivity contribution in [3.05, 3.63) is 88.9 Å². The van der Waals surface area contributed by atoms with Crippen LogP contribution in [-0.4, -0.2) is 88.6 Å². The molecule has 1 saturated heterocycles. The molecule has 1 aliphatic heterocycles. The smallest absolute Gasteiger partial charge is 0.266 e. The van der Waals surface area contributed by atoms with Crippen LogP contribution < -0.4 is 11.3 Å². The van der Waals surface area contributed by atoms with Crippen LogP contribution in [0.2, 0.25) is 0 Å². The van der Waals surface area contributed by atoms with Gasteiger partial charge in [0.1, 0.15) is 35.1 Å². The number of hydrogen-bond acceptors (Lipinski definition) is 9. The van der Waals surface area contributed by atoms with E-state index >= 15 is 0 Å². The Morgan fingerprint density at radius 2 is 1.82 bits per heavy atom. The molecule has 230 valence electrons. The minimum Gasteiger partial charge on any atom is -0.508 e. The number of nitrogen functional groups attached to an aromatic ring is 1. The Kier molecular flexibility index (Phi) is 7.26. The van der Waals surface area contributed by atoms with E-state index in [1.54, 1.807) is 16.8 Å². The summed E-state index contributed by atoms with van der Waals surface area (Å²) in [4.78, 5) is 26.2. The minimum absolute atomic E-state index is 0.156. The van der Waals surface area contributed by atoms with Crippen molar-refractivity contribution < 1.29 is 9.50 Å². The number of aromatic hydroxyl groups is 1. The predicted octanol–water partition coefficient (Wildman–Crippen LogP) is 3.25. The maximum atomic E-state index is 14.3. The predicted molar refractivity (Wildman–Crippen MR) is 169 cm³/mol. The van der Waals surface area contributed by atoms with Crippen LogP contribution in [0, 0.1) is 5.82 Å². The Bertz CT molecular complexity index is 2070. The molecule has 0 saturated carbocycles. The van der Waals surface area contributed by atoms with Crippen molar-refractivity contribution >= 4 is 22.4 Å². The SMILES string of the molecule is CC(c1cc2ccccn2c1-c1ccc(=O)n(CCN2CCN(C)CC2)n1)n1nc(-c2cc(O)cc(F)c2)c2c(N)ncnc21. The number of piperazine rings is 1. The number of nitrogens with two attached hydrogens (primary N) is 1. The maximum absolute atomic E-state index is 14.3. The molecule has 6 heterocycles. The van der Waals surface area contributed by atoms with Crippen LogP contribution in [-0.2, 0) is 6.54 Å². The number of halogens is 1. The zero-order chi connectivity index (χ0) is 31.2. The van der Waals surface area contributed by atoms with Gasteiger partial charge in [-0.2, -0.15) is 10.2 Å². The molecule has 45 heavy (non-hydrogen) atoms. The first-order valence-electron chi connectivity index (χ1n) is 14.8. The molecule has 1 atom stereocenters. The first-order chi connectivity index (χ1) is 21.8. The summed E-state index contributed by atoms with van der Waals surface area (Å²) < 4.78 is 19.7. The molecular weight excluding hydrogens is 575 g/mol. The van der Waals surface area contributed by atoms with Gasteiger partial charge in [0.15, 0.2) is 5.65 Å². The molecule has 0 amide bonds. The number of rotatable bonds is 7. The molecule has 1 fully saturated rings. The normalized spacial score (nSPS) is 15.3. The van der Waals surface area contributed by atoms with Crippen molar-refractivity contribution in [1.29, 1.82) is 0 Å². The van der Waals surface area contributed by atoms with Gasteiger partial charge in [-0.15, -0.1) is 0 Å². The molecule has 3 N–H and O–H groups in total. The molecule has 0 aliphatic carbocycles. The molecule has 7 rings (SSSR count). The van der Waals surface area contributed by atoms with E-state index in [4.69, 9.17) is 15.9 Å². The summed E-state index contributed by atoms with van der Waals surface area (Å²) in [6.45, 7) is 7.12. The largest absolute Gasteiger partial charge is 0.508 e. The van der Waals surface area contributed by atoms with Crippen molar-refractivity contribution in [3.8, 4) is 28.4 Å². The molecule has 1 aliphatic rings. The summed E-state index contributed by atoms with van der Waals surface area (Å²) in [5.74, 6) is -0.648. The van der Waals surface area contributed by atoms with Gasteiger partial charge in [-0.05, 0) is 50.4 Å². The number of nitrogens with zero attached hydrogens (tertiary/aromatic N) is 9. The van der Waals surface area contributed by atoms with Gasteiger partial charge < -0.3 is 20.1 Å². The average Bonchev–Trinajstić information content (AvgIpc) is 3.61. The van der Waals surface area contributed by atoms with Crippen molar-refractivity contribution in [2.24, 2.45) is 0 Å². The molecule has 1 aromatic carbocycles. The summed E-state index contributed by atoms with van der Waals surface area (Å²) in [6.07, 6.45) is 3.33. The fourth-order valence-corrected chi connectivity index (χ4v) is 6.09. The Morgan fingerprint density at radius 1 is 1.00 bits per heavy atom. The number of pyridine rings is 1. The van der Waals surface area contributed by atoms with Gasteiger partial charge in [-0.25, -0.2) is 23.7 Å². The highest BCUT2D eigenvalue weighted by Crippen LogP contribution is 2.37. The summed E-state index contributed by atoms with van der Waals surface area (Å²) in [7, 11) is 2.12. The molecular formula is C32H33FN10O2. The van der Waals surface area contributed by atoms with Crippen LogP contribution in [0.25, 0.3) is 39.2 Å². The zero-order valence-corrected chi connectivity index (χ0v) is 25.0. The van der Waals surface area contributed by atoms with Gasteiger partial charge in [0.2, 0.25) is 0 Å². The molecule has 6 aromatic rings. The molecule has 5 aromatic heterocycles. The number of likely N-dealkylation sites (N-methyl/N-ethyl adjacent to an activating group) is 1. The Hall–Kier alpha value is -5.14. The summed E-state index contributed by atoms with van der Waals surface area (Å²) >= 11 is 0. The lowest BCUT2D eigenvalue weighted by Crippen LogP contribution is -2.46. The van der Waals surface area contributed by atoms with Gasteiger partial charge in [-0.1, -0.05) is 6.07 Å². The number of hydrogen-bond donors (Lipinski definition) is 2. The topological polar surface area (TPSA) is 136 Å². The van der Waals surface area contributed by atoms with Gasteiger partial charge in [0.25, 0.3) is 5.56 Å². The fourth-order valence-electron chi connectivity index (χ4n) is 6.09. The highest BCUT2D eigenvalue weighted by Gasteiger charge is 2.26.